The van der Waals surface area contributed by atoms with Gasteiger partial charge in [-0.1, -0.05) is 25.5 Å². The van der Waals surface area contributed by atoms with E-state index in [2.05, 4.69) is 46.9 Å². The molecule has 2 N–H and O–H groups in total. The third-order valence-electron chi connectivity index (χ3n) is 5.14. The van der Waals surface area contributed by atoms with E-state index in [1.807, 2.05) is 22.0 Å². The zero-order valence-electron chi connectivity index (χ0n) is 16.6. The Morgan fingerprint density at radius 2 is 2.07 bits per heavy atom. The van der Waals surface area contributed by atoms with Crippen molar-refractivity contribution in [1.29, 1.82) is 0 Å². The fraction of sp³-hybridized carbons (Fsp3) is 0.476. The number of nitrogens with one attached hydrogen (secondary N) is 2. The van der Waals surface area contributed by atoms with Crippen LogP contribution >= 0.6 is 0 Å². The number of unbranched alkanes of at least 4 members (excludes halogenated alkanes) is 1. The first-order chi connectivity index (χ1) is 13.6. The van der Waals surface area contributed by atoms with Crippen molar-refractivity contribution in [2.75, 3.05) is 20.1 Å². The van der Waals surface area contributed by atoms with Crippen LogP contribution in [0.15, 0.2) is 36.7 Å². The highest BCUT2D eigenvalue weighted by Gasteiger charge is 2.31. The van der Waals surface area contributed by atoms with Crippen LogP contribution in [0.1, 0.15) is 37.3 Å². The van der Waals surface area contributed by atoms with Gasteiger partial charge in [0.05, 0.1) is 24.3 Å². The van der Waals surface area contributed by atoms with Crippen LogP contribution in [0.3, 0.4) is 0 Å². The van der Waals surface area contributed by atoms with Gasteiger partial charge in [-0.15, -0.1) is 0 Å². The molecule has 0 radical (unpaired) electrons. The van der Waals surface area contributed by atoms with Gasteiger partial charge in [-0.05, 0) is 30.5 Å². The lowest BCUT2D eigenvalue weighted by Crippen LogP contribution is -2.55. The van der Waals surface area contributed by atoms with Gasteiger partial charge in [0.25, 0.3) is 0 Å². The minimum Gasteiger partial charge on any atom is -0.359 e. The molecule has 0 saturated carbocycles. The second kappa shape index (κ2) is 9.50. The van der Waals surface area contributed by atoms with E-state index in [-0.39, 0.29) is 18.2 Å². The molecule has 2 aromatic rings. The van der Waals surface area contributed by atoms with Gasteiger partial charge in [0.2, 0.25) is 11.8 Å². The maximum Gasteiger partial charge on any atom is 0.237 e. The summed E-state index contributed by atoms with van der Waals surface area (Å²) < 4.78 is 1.86. The highest BCUT2D eigenvalue weighted by Crippen LogP contribution is 2.16. The van der Waals surface area contributed by atoms with Crippen molar-refractivity contribution >= 4 is 11.8 Å². The topological polar surface area (TPSA) is 79.3 Å². The molecule has 1 atom stereocenters. The maximum atomic E-state index is 12.2. The Hall–Kier alpha value is -2.67. The number of carbonyl (C=O) groups is 2. The number of aromatic nitrogens is 2. The summed E-state index contributed by atoms with van der Waals surface area (Å²) in [4.78, 5) is 26.0. The number of benzene rings is 1. The largest absolute Gasteiger partial charge is 0.359 e. The fourth-order valence-corrected chi connectivity index (χ4v) is 3.46. The van der Waals surface area contributed by atoms with Crippen LogP contribution in [0.5, 0.6) is 0 Å². The third kappa shape index (κ3) is 4.98. The number of hydrogen-bond acceptors (Lipinski definition) is 4. The summed E-state index contributed by atoms with van der Waals surface area (Å²) in [7, 11) is 1.59. The van der Waals surface area contributed by atoms with Crippen molar-refractivity contribution in [3.05, 3.63) is 47.8 Å². The van der Waals surface area contributed by atoms with Crippen LogP contribution in [0.4, 0.5) is 0 Å². The molecule has 1 saturated heterocycles. The summed E-state index contributed by atoms with van der Waals surface area (Å²) in [6, 6.07) is 8.03. The summed E-state index contributed by atoms with van der Waals surface area (Å²) in [5.41, 5.74) is 3.38. The van der Waals surface area contributed by atoms with Gasteiger partial charge in [-0.2, -0.15) is 5.10 Å². The lowest BCUT2D eigenvalue weighted by Gasteiger charge is -2.34. The number of carbonyl (C=O) groups excluding carboxylic acids is 2. The zero-order valence-corrected chi connectivity index (χ0v) is 16.6. The molecular formula is C21H29N5O2. The molecule has 7 nitrogen and oxygen atoms in total. The number of hydrogen-bond donors (Lipinski definition) is 2. The molecule has 0 aliphatic carbocycles. The van der Waals surface area contributed by atoms with E-state index >= 15 is 0 Å². The molecule has 1 aromatic heterocycles. The first-order valence-electron chi connectivity index (χ1n) is 9.96. The highest BCUT2D eigenvalue weighted by molar-refractivity contribution is 5.88. The van der Waals surface area contributed by atoms with Gasteiger partial charge < -0.3 is 10.6 Å². The summed E-state index contributed by atoms with van der Waals surface area (Å²) in [5, 5.41) is 9.92. The lowest BCUT2D eigenvalue weighted by atomic mass is 10.1. The number of piperazine rings is 1. The molecule has 1 aliphatic rings. The van der Waals surface area contributed by atoms with Crippen molar-refractivity contribution < 1.29 is 9.59 Å². The van der Waals surface area contributed by atoms with E-state index in [4.69, 9.17) is 0 Å². The Bertz CT molecular complexity index is 799. The van der Waals surface area contributed by atoms with Crippen molar-refractivity contribution in [2.24, 2.45) is 0 Å². The molecular weight excluding hydrogens is 354 g/mol. The monoisotopic (exact) mass is 383 g/mol. The van der Waals surface area contributed by atoms with Gasteiger partial charge in [-0.3, -0.25) is 14.5 Å². The molecule has 2 amide bonds. The average Bonchev–Trinajstić information content (AvgIpc) is 3.17. The van der Waals surface area contributed by atoms with E-state index in [9.17, 15) is 9.59 Å². The number of nitrogens with zero attached hydrogens (tertiary/aromatic N) is 3. The number of rotatable bonds is 8. The molecule has 0 unspecified atom stereocenters. The molecule has 1 aromatic carbocycles. The van der Waals surface area contributed by atoms with Gasteiger partial charge in [-0.25, -0.2) is 4.68 Å². The molecule has 28 heavy (non-hydrogen) atoms. The molecule has 1 aliphatic heterocycles. The molecule has 3 rings (SSSR count). The summed E-state index contributed by atoms with van der Waals surface area (Å²) in [6.07, 6.45) is 7.48. The van der Waals surface area contributed by atoms with Crippen LogP contribution in [-0.4, -0.2) is 52.7 Å². The van der Waals surface area contributed by atoms with Crippen molar-refractivity contribution in [2.45, 2.75) is 45.2 Å². The first kappa shape index (κ1) is 20.1. The summed E-state index contributed by atoms with van der Waals surface area (Å²) >= 11 is 0. The van der Waals surface area contributed by atoms with Crippen LogP contribution in [-0.2, 0) is 22.6 Å². The van der Waals surface area contributed by atoms with Crippen LogP contribution in [0, 0.1) is 0 Å². The minimum absolute atomic E-state index is 0.0927. The van der Waals surface area contributed by atoms with Gasteiger partial charge in [0, 0.05) is 38.4 Å². The average molecular weight is 383 g/mol. The van der Waals surface area contributed by atoms with E-state index in [1.165, 1.54) is 18.4 Å². The summed E-state index contributed by atoms with van der Waals surface area (Å²) in [5.74, 6) is -0.226. The Kier molecular flexibility index (Phi) is 6.81. The van der Waals surface area contributed by atoms with Crippen LogP contribution < -0.4 is 10.6 Å². The smallest absolute Gasteiger partial charge is 0.237 e. The molecule has 2 heterocycles. The predicted octanol–water partition coefficient (Wildman–Crippen LogP) is 1.65. The minimum atomic E-state index is -0.449. The van der Waals surface area contributed by atoms with Crippen LogP contribution in [0.2, 0.25) is 0 Å². The van der Waals surface area contributed by atoms with E-state index in [0.717, 1.165) is 17.7 Å². The zero-order chi connectivity index (χ0) is 19.9. The first-order valence-corrected chi connectivity index (χ1v) is 9.96. The van der Waals surface area contributed by atoms with Gasteiger partial charge in [0.1, 0.15) is 0 Å². The van der Waals surface area contributed by atoms with Crippen molar-refractivity contribution in [3.63, 3.8) is 0 Å². The number of aryl methyl sites for hydroxylation is 1. The van der Waals surface area contributed by atoms with Crippen molar-refractivity contribution in [1.82, 2.24) is 25.3 Å². The maximum absolute atomic E-state index is 12.2. The Morgan fingerprint density at radius 1 is 1.29 bits per heavy atom. The normalized spacial score (nSPS) is 17.4. The fourth-order valence-electron chi connectivity index (χ4n) is 3.46. The standard InChI is InChI=1S/C21H29N5O2/c1-3-4-5-16-6-8-18(9-7-16)26-15-17(13-24-26)14-25-11-10-23-21(28)19(25)12-20(27)22-2/h6-9,13,15,19H,3-5,10-12,14H2,1-2H3,(H,22,27)(H,23,28)/t19-/m1/s1. The van der Waals surface area contributed by atoms with Gasteiger partial charge >= 0.3 is 0 Å². The lowest BCUT2D eigenvalue weighted by molar-refractivity contribution is -0.134. The van der Waals surface area contributed by atoms with E-state index in [1.54, 1.807) is 7.05 Å². The van der Waals surface area contributed by atoms with Gasteiger partial charge in [0.15, 0.2) is 0 Å². The van der Waals surface area contributed by atoms with E-state index in [0.29, 0.717) is 19.6 Å². The molecule has 7 heteroatoms. The SMILES string of the molecule is CCCCc1ccc(-n2cc(CN3CCNC(=O)[C@H]3CC(=O)NC)cn2)cc1. The molecule has 150 valence electrons. The Labute approximate surface area is 166 Å². The van der Waals surface area contributed by atoms with Crippen molar-refractivity contribution in [3.8, 4) is 5.69 Å². The second-order valence-electron chi connectivity index (χ2n) is 7.22. The molecule has 0 spiro atoms. The molecule has 1 fully saturated rings. The van der Waals surface area contributed by atoms with Crippen LogP contribution in [0.25, 0.3) is 5.69 Å². The predicted molar refractivity (Wildman–Crippen MR) is 108 cm³/mol. The summed E-state index contributed by atoms with van der Waals surface area (Å²) in [6.45, 7) is 4.09. The quantitative estimate of drug-likeness (QED) is 0.727. The Morgan fingerprint density at radius 3 is 2.79 bits per heavy atom. The van der Waals surface area contributed by atoms with E-state index < -0.39 is 6.04 Å². The second-order valence-corrected chi connectivity index (χ2v) is 7.22. The number of amides is 2. The Balaban J connectivity index is 1.67. The highest BCUT2D eigenvalue weighted by atomic mass is 16.2. The third-order valence-corrected chi connectivity index (χ3v) is 5.14. The molecule has 0 bridgehead atoms.